The van der Waals surface area contributed by atoms with E-state index in [4.69, 9.17) is 0 Å². The van der Waals surface area contributed by atoms with Crippen LogP contribution in [-0.4, -0.2) is 21.3 Å². The summed E-state index contributed by atoms with van der Waals surface area (Å²) in [6, 6.07) is 0. The minimum atomic E-state index is -0.0310. The lowest BCUT2D eigenvalue weighted by molar-refractivity contribution is -0.120. The van der Waals surface area contributed by atoms with Crippen LogP contribution in [0, 0.1) is 0 Å². The summed E-state index contributed by atoms with van der Waals surface area (Å²) in [4.78, 5) is 12.5. The summed E-state index contributed by atoms with van der Waals surface area (Å²) >= 11 is 0. The van der Waals surface area contributed by atoms with Crippen molar-refractivity contribution >= 4 is 13.7 Å². The average molecular weight is 280 g/mol. The average Bonchev–Trinajstić information content (AvgIpc) is 2.86. The van der Waals surface area contributed by atoms with E-state index in [1.54, 1.807) is 0 Å². The number of carbonyl (C=O) groups is 1. The molecule has 0 aromatic heterocycles. The first-order valence-corrected chi connectivity index (χ1v) is 9.55. The Hall–Kier alpha value is 0.100. The molecule has 3 rings (SSSR count). The number of hydrogen-bond donors (Lipinski definition) is 0. The SMILES string of the molecule is CC(C)(C)P1C2(CCCC2)CC(=O)CC12CCCC2. The van der Waals surface area contributed by atoms with Gasteiger partial charge in [-0.3, -0.25) is 4.79 Å². The van der Waals surface area contributed by atoms with Crippen LogP contribution >= 0.6 is 7.92 Å². The van der Waals surface area contributed by atoms with Crippen LogP contribution in [0.2, 0.25) is 0 Å². The molecule has 0 N–H and O–H groups in total. The summed E-state index contributed by atoms with van der Waals surface area (Å²) in [6.07, 6.45) is 12.8. The van der Waals surface area contributed by atoms with Crippen molar-refractivity contribution in [1.29, 1.82) is 0 Å². The van der Waals surface area contributed by atoms with Crippen molar-refractivity contribution in [3.05, 3.63) is 0 Å². The maximum Gasteiger partial charge on any atom is 0.134 e. The van der Waals surface area contributed by atoms with Gasteiger partial charge in [-0.05, 0) is 41.2 Å². The highest BCUT2D eigenvalue weighted by molar-refractivity contribution is 7.62. The van der Waals surface area contributed by atoms with E-state index in [2.05, 4.69) is 20.8 Å². The first-order valence-electron chi connectivity index (χ1n) is 8.20. The topological polar surface area (TPSA) is 17.1 Å². The number of Topliss-reactive ketones (excluding diaryl/α,β-unsaturated/α-hetero) is 1. The van der Waals surface area contributed by atoms with Crippen LogP contribution in [0.4, 0.5) is 0 Å². The largest absolute Gasteiger partial charge is 0.300 e. The lowest BCUT2D eigenvalue weighted by Gasteiger charge is -2.58. The van der Waals surface area contributed by atoms with Gasteiger partial charge in [-0.25, -0.2) is 0 Å². The molecule has 108 valence electrons. The minimum absolute atomic E-state index is 0.0310. The highest BCUT2D eigenvalue weighted by Gasteiger charge is 2.60. The minimum Gasteiger partial charge on any atom is -0.300 e. The van der Waals surface area contributed by atoms with Gasteiger partial charge in [0.15, 0.2) is 0 Å². The van der Waals surface area contributed by atoms with Crippen molar-refractivity contribution in [2.75, 3.05) is 0 Å². The van der Waals surface area contributed by atoms with Crippen LogP contribution in [0.1, 0.15) is 85.0 Å². The lowest BCUT2D eigenvalue weighted by Crippen LogP contribution is -2.48. The van der Waals surface area contributed by atoms with Crippen molar-refractivity contribution in [3.8, 4) is 0 Å². The zero-order valence-corrected chi connectivity index (χ0v) is 13.8. The summed E-state index contributed by atoms with van der Waals surface area (Å²) < 4.78 is 0. The fraction of sp³-hybridized carbons (Fsp3) is 0.941. The highest BCUT2D eigenvalue weighted by atomic mass is 31.1. The van der Waals surface area contributed by atoms with Crippen LogP contribution in [0.25, 0.3) is 0 Å². The van der Waals surface area contributed by atoms with Gasteiger partial charge in [0.2, 0.25) is 0 Å². The third kappa shape index (κ3) is 2.21. The molecule has 0 aromatic carbocycles. The monoisotopic (exact) mass is 280 g/mol. The van der Waals surface area contributed by atoms with E-state index in [0.29, 0.717) is 21.3 Å². The molecular formula is C17H29OP. The van der Waals surface area contributed by atoms with Gasteiger partial charge in [-0.2, -0.15) is 0 Å². The van der Waals surface area contributed by atoms with E-state index in [-0.39, 0.29) is 7.92 Å². The quantitative estimate of drug-likeness (QED) is 0.553. The van der Waals surface area contributed by atoms with Gasteiger partial charge < -0.3 is 0 Å². The van der Waals surface area contributed by atoms with Gasteiger partial charge in [-0.1, -0.05) is 54.4 Å². The van der Waals surface area contributed by atoms with E-state index in [1.165, 1.54) is 51.4 Å². The number of rotatable bonds is 0. The molecule has 2 saturated carbocycles. The molecule has 0 bridgehead atoms. The molecule has 0 unspecified atom stereocenters. The molecule has 1 saturated heterocycles. The predicted molar refractivity (Wildman–Crippen MR) is 83.3 cm³/mol. The van der Waals surface area contributed by atoms with Crippen LogP contribution in [0.5, 0.6) is 0 Å². The zero-order valence-electron chi connectivity index (χ0n) is 12.9. The number of carbonyl (C=O) groups excluding carboxylic acids is 1. The number of ketones is 1. The highest BCUT2D eigenvalue weighted by Crippen LogP contribution is 2.78. The molecule has 1 heterocycles. The molecule has 0 aromatic rings. The van der Waals surface area contributed by atoms with E-state index in [1.807, 2.05) is 0 Å². The van der Waals surface area contributed by atoms with Crippen LogP contribution < -0.4 is 0 Å². The summed E-state index contributed by atoms with van der Waals surface area (Å²) in [6.45, 7) is 7.40. The van der Waals surface area contributed by atoms with Gasteiger partial charge in [0, 0.05) is 12.8 Å². The van der Waals surface area contributed by atoms with E-state index < -0.39 is 0 Å². The Balaban J connectivity index is 2.05. The second kappa shape index (κ2) is 4.55. The maximum atomic E-state index is 12.5. The molecule has 0 atom stereocenters. The molecule has 19 heavy (non-hydrogen) atoms. The molecule has 2 spiro atoms. The fourth-order valence-corrected chi connectivity index (χ4v) is 11.8. The predicted octanol–water partition coefficient (Wildman–Crippen LogP) is 5.26. The summed E-state index contributed by atoms with van der Waals surface area (Å²) in [5.74, 6) is 0.604. The molecule has 2 aliphatic carbocycles. The Morgan fingerprint density at radius 1 is 0.842 bits per heavy atom. The standard InChI is InChI=1S/C17H29OP/c1-15(2,3)19-16(8-4-5-9-16)12-14(18)13-17(19)10-6-7-11-17/h4-13H2,1-3H3. The molecule has 1 nitrogen and oxygen atoms in total. The van der Waals surface area contributed by atoms with Crippen LogP contribution in [0.3, 0.4) is 0 Å². The number of hydrogen-bond acceptors (Lipinski definition) is 1. The molecule has 1 aliphatic heterocycles. The Labute approximate surface area is 119 Å². The van der Waals surface area contributed by atoms with Gasteiger partial charge in [0.05, 0.1) is 0 Å². The zero-order chi connectivity index (χ0) is 13.7. The van der Waals surface area contributed by atoms with Crippen molar-refractivity contribution in [2.24, 2.45) is 0 Å². The second-order valence-electron chi connectivity index (χ2n) is 8.26. The second-order valence-corrected chi connectivity index (χ2v) is 12.2. The van der Waals surface area contributed by atoms with Gasteiger partial charge >= 0.3 is 0 Å². The van der Waals surface area contributed by atoms with Crippen molar-refractivity contribution in [3.63, 3.8) is 0 Å². The third-order valence-electron chi connectivity index (χ3n) is 5.74. The van der Waals surface area contributed by atoms with Crippen molar-refractivity contribution < 1.29 is 4.79 Å². The van der Waals surface area contributed by atoms with Crippen LogP contribution in [0.15, 0.2) is 0 Å². The molecule has 3 aliphatic rings. The van der Waals surface area contributed by atoms with E-state index in [0.717, 1.165) is 12.8 Å². The Kier molecular flexibility index (Phi) is 3.37. The Bertz CT molecular complexity index is 339. The van der Waals surface area contributed by atoms with E-state index in [9.17, 15) is 4.79 Å². The molecule has 0 radical (unpaired) electrons. The molecule has 0 amide bonds. The summed E-state index contributed by atoms with van der Waals surface area (Å²) in [5, 5.41) is 1.30. The van der Waals surface area contributed by atoms with Crippen molar-refractivity contribution in [2.45, 2.75) is 100 Å². The summed E-state index contributed by atoms with van der Waals surface area (Å²) in [5.41, 5.74) is 0. The van der Waals surface area contributed by atoms with Crippen LogP contribution in [-0.2, 0) is 4.79 Å². The molecular weight excluding hydrogens is 251 g/mol. The fourth-order valence-electron chi connectivity index (χ4n) is 5.75. The normalized spacial score (nSPS) is 30.6. The third-order valence-corrected chi connectivity index (χ3v) is 10.2. The first kappa shape index (κ1) is 14.1. The summed E-state index contributed by atoms with van der Waals surface area (Å²) in [7, 11) is -0.0310. The smallest absolute Gasteiger partial charge is 0.134 e. The van der Waals surface area contributed by atoms with Gasteiger partial charge in [0.25, 0.3) is 0 Å². The molecule has 2 heteroatoms. The Morgan fingerprint density at radius 3 is 1.53 bits per heavy atom. The molecule has 3 fully saturated rings. The maximum absolute atomic E-state index is 12.5. The van der Waals surface area contributed by atoms with Gasteiger partial charge in [0.1, 0.15) is 5.78 Å². The van der Waals surface area contributed by atoms with Gasteiger partial charge in [-0.15, -0.1) is 0 Å². The van der Waals surface area contributed by atoms with Crippen molar-refractivity contribution in [1.82, 2.24) is 0 Å². The van der Waals surface area contributed by atoms with E-state index >= 15 is 0 Å². The Morgan fingerprint density at radius 2 is 1.21 bits per heavy atom. The lowest BCUT2D eigenvalue weighted by atomic mass is 9.90. The first-order chi connectivity index (χ1) is 8.88.